The van der Waals surface area contributed by atoms with Crippen LogP contribution in [0.3, 0.4) is 0 Å². The Morgan fingerprint density at radius 2 is 2.11 bits per heavy atom. The minimum atomic E-state index is -1.44. The molecule has 0 saturated carbocycles. The fraction of sp³-hybridized carbons (Fsp3) is 0.750. The predicted molar refractivity (Wildman–Crippen MR) is 144 cm³/mol. The summed E-state index contributed by atoms with van der Waals surface area (Å²) in [7, 11) is 1.64. The lowest BCUT2D eigenvalue weighted by Crippen LogP contribution is -2.59. The van der Waals surface area contributed by atoms with E-state index in [4.69, 9.17) is 21.1 Å². The number of piperidine rings is 2. The highest BCUT2D eigenvalue weighted by Crippen LogP contribution is 2.42. The van der Waals surface area contributed by atoms with Crippen LogP contribution < -0.4 is 10.6 Å². The van der Waals surface area contributed by atoms with E-state index in [0.717, 1.165) is 38.6 Å². The van der Waals surface area contributed by atoms with Crippen molar-refractivity contribution in [3.8, 4) is 0 Å². The summed E-state index contributed by atoms with van der Waals surface area (Å²) in [6.07, 6.45) is 6.10. The molecule has 2 heterocycles. The second-order valence-electron chi connectivity index (χ2n) is 10.4. The number of halogens is 2. The third-order valence-corrected chi connectivity index (χ3v) is 8.26. The van der Waals surface area contributed by atoms with E-state index in [9.17, 15) is 9.90 Å². The van der Waals surface area contributed by atoms with Gasteiger partial charge in [-0.2, -0.15) is 0 Å². The fourth-order valence-corrected chi connectivity index (χ4v) is 5.88. The number of likely N-dealkylation sites (tertiary alicyclic amines) is 1. The number of aliphatic hydroxyl groups is 1. The number of amides is 2. The van der Waals surface area contributed by atoms with Crippen LogP contribution in [0.5, 0.6) is 0 Å². The molecule has 0 spiro atoms. The summed E-state index contributed by atoms with van der Waals surface area (Å²) in [6.45, 7) is 7.28. The van der Waals surface area contributed by atoms with Crippen LogP contribution in [0.4, 0.5) is 9.18 Å². The lowest BCUT2D eigenvalue weighted by atomic mass is 9.74. The molecule has 210 valence electrons. The van der Waals surface area contributed by atoms with Crippen LogP contribution in [0.15, 0.2) is 18.2 Å². The standard InChI is InChI=1S/C28H45ClFN3O4/c1-4-21(5-2)37-25-13-15-31-18-24(25)32-27(34)33-16-9-10-20(19-33)28(35,14-6-7-17-36-3)22-11-8-12-23(29)26(22)30/h8,11-12,20-21,24-25,31,35H,4-7,9-10,13-19H2,1-3H3,(H,32,34)/t20-,24-,25-,28?/m1/s1. The molecule has 2 aliphatic rings. The Morgan fingerprint density at radius 3 is 2.84 bits per heavy atom. The van der Waals surface area contributed by atoms with Gasteiger partial charge in [0.1, 0.15) is 5.82 Å². The number of carbonyl (C=O) groups is 1. The second kappa shape index (κ2) is 14.6. The zero-order valence-corrected chi connectivity index (χ0v) is 23.4. The molecule has 9 heteroatoms. The smallest absolute Gasteiger partial charge is 0.317 e. The number of hydrogen-bond donors (Lipinski definition) is 3. The summed E-state index contributed by atoms with van der Waals surface area (Å²) in [5.74, 6) is -0.904. The van der Waals surface area contributed by atoms with Gasteiger partial charge in [-0.15, -0.1) is 0 Å². The van der Waals surface area contributed by atoms with Gasteiger partial charge in [-0.05, 0) is 64.0 Å². The second-order valence-corrected chi connectivity index (χ2v) is 10.8. The molecule has 3 N–H and O–H groups in total. The Hall–Kier alpha value is -1.45. The lowest BCUT2D eigenvalue weighted by molar-refractivity contribution is -0.0605. The summed E-state index contributed by atoms with van der Waals surface area (Å²) < 4.78 is 26.7. The van der Waals surface area contributed by atoms with Gasteiger partial charge in [0.15, 0.2) is 0 Å². The first-order valence-corrected chi connectivity index (χ1v) is 14.3. The zero-order valence-electron chi connectivity index (χ0n) is 22.6. The van der Waals surface area contributed by atoms with Crippen LogP contribution in [-0.2, 0) is 15.1 Å². The number of methoxy groups -OCH3 is 1. The Kier molecular flexibility index (Phi) is 11.9. The molecule has 3 rings (SSSR count). The van der Waals surface area contributed by atoms with Crippen molar-refractivity contribution in [1.82, 2.24) is 15.5 Å². The Bertz CT molecular complexity index is 859. The molecule has 2 aliphatic heterocycles. The molecule has 2 saturated heterocycles. The molecule has 0 aromatic heterocycles. The number of nitrogens with zero attached hydrogens (tertiary/aromatic N) is 1. The van der Waals surface area contributed by atoms with E-state index in [-0.39, 0.29) is 40.8 Å². The molecule has 1 aromatic carbocycles. The van der Waals surface area contributed by atoms with Gasteiger partial charge >= 0.3 is 6.03 Å². The van der Waals surface area contributed by atoms with Crippen LogP contribution >= 0.6 is 11.6 Å². The number of hydrogen-bond acceptors (Lipinski definition) is 5. The number of rotatable bonds is 12. The van der Waals surface area contributed by atoms with Crippen LogP contribution in [0.2, 0.25) is 5.02 Å². The number of urea groups is 1. The monoisotopic (exact) mass is 541 g/mol. The zero-order chi connectivity index (χ0) is 26.8. The van der Waals surface area contributed by atoms with E-state index >= 15 is 4.39 Å². The molecular formula is C28H45ClFN3O4. The first kappa shape index (κ1) is 30.1. The number of benzene rings is 1. The van der Waals surface area contributed by atoms with Gasteiger partial charge in [-0.25, -0.2) is 9.18 Å². The minimum absolute atomic E-state index is 0.00784. The normalized spacial score (nSPS) is 24.2. The topological polar surface area (TPSA) is 83.1 Å². The first-order chi connectivity index (χ1) is 17.8. The van der Waals surface area contributed by atoms with Gasteiger partial charge in [0.05, 0.1) is 28.9 Å². The van der Waals surface area contributed by atoms with E-state index in [0.29, 0.717) is 45.5 Å². The Labute approximate surface area is 226 Å². The molecule has 37 heavy (non-hydrogen) atoms. The van der Waals surface area contributed by atoms with Crippen LogP contribution in [0, 0.1) is 11.7 Å². The van der Waals surface area contributed by atoms with Crippen molar-refractivity contribution >= 4 is 17.6 Å². The highest BCUT2D eigenvalue weighted by Gasteiger charge is 2.43. The molecule has 0 radical (unpaired) electrons. The van der Waals surface area contributed by atoms with Crippen molar-refractivity contribution in [2.45, 2.75) is 89.1 Å². The van der Waals surface area contributed by atoms with Crippen LogP contribution in [0.25, 0.3) is 0 Å². The highest BCUT2D eigenvalue weighted by atomic mass is 35.5. The van der Waals surface area contributed by atoms with Crippen molar-refractivity contribution in [1.29, 1.82) is 0 Å². The Morgan fingerprint density at radius 1 is 1.32 bits per heavy atom. The lowest BCUT2D eigenvalue weighted by Gasteiger charge is -2.43. The summed E-state index contributed by atoms with van der Waals surface area (Å²) in [4.78, 5) is 15.2. The molecule has 1 unspecified atom stereocenters. The largest absolute Gasteiger partial charge is 0.385 e. The number of carbonyl (C=O) groups excluding carboxylic acids is 1. The number of nitrogens with one attached hydrogen (secondary N) is 2. The van der Waals surface area contributed by atoms with Gasteiger partial charge in [0.25, 0.3) is 0 Å². The highest BCUT2D eigenvalue weighted by molar-refractivity contribution is 6.30. The molecule has 1 aromatic rings. The maximum atomic E-state index is 15.2. The third kappa shape index (κ3) is 7.79. The van der Waals surface area contributed by atoms with Gasteiger partial charge in [-0.1, -0.05) is 37.6 Å². The van der Waals surface area contributed by atoms with Crippen molar-refractivity contribution in [2.75, 3.05) is 39.9 Å². The summed E-state index contributed by atoms with van der Waals surface area (Å²) in [5.41, 5.74) is -1.23. The summed E-state index contributed by atoms with van der Waals surface area (Å²) >= 11 is 6.10. The average molecular weight is 542 g/mol. The van der Waals surface area contributed by atoms with Crippen molar-refractivity contribution < 1.29 is 23.8 Å². The number of unbranched alkanes of at least 4 members (excludes halogenated alkanes) is 1. The van der Waals surface area contributed by atoms with E-state index in [1.165, 1.54) is 6.07 Å². The molecule has 7 nitrogen and oxygen atoms in total. The molecule has 2 amide bonds. The van der Waals surface area contributed by atoms with Gasteiger partial charge in [-0.3, -0.25) is 0 Å². The van der Waals surface area contributed by atoms with Crippen LogP contribution in [0.1, 0.15) is 70.8 Å². The van der Waals surface area contributed by atoms with Crippen molar-refractivity contribution in [3.05, 3.63) is 34.6 Å². The maximum absolute atomic E-state index is 15.2. The Balaban J connectivity index is 1.73. The van der Waals surface area contributed by atoms with Crippen LogP contribution in [-0.4, -0.2) is 74.2 Å². The molecular weight excluding hydrogens is 497 g/mol. The number of ether oxygens (including phenoxy) is 2. The molecule has 2 fully saturated rings. The quantitative estimate of drug-likeness (QED) is 0.330. The van der Waals surface area contributed by atoms with Gasteiger partial charge in [0, 0.05) is 44.8 Å². The fourth-order valence-electron chi connectivity index (χ4n) is 5.71. The maximum Gasteiger partial charge on any atom is 0.317 e. The van der Waals surface area contributed by atoms with Crippen molar-refractivity contribution in [3.63, 3.8) is 0 Å². The van der Waals surface area contributed by atoms with E-state index in [1.807, 2.05) is 0 Å². The minimum Gasteiger partial charge on any atom is -0.385 e. The summed E-state index contributed by atoms with van der Waals surface area (Å²) in [6, 6.07) is 4.49. The summed E-state index contributed by atoms with van der Waals surface area (Å²) in [5, 5.41) is 18.5. The molecule has 0 bridgehead atoms. The van der Waals surface area contributed by atoms with E-state index in [2.05, 4.69) is 24.5 Å². The molecule has 4 atom stereocenters. The SMILES string of the molecule is CCC(CC)O[C@@H]1CCNC[C@H]1NC(=O)N1CCC[C@@H](C(O)(CCCCOC)c2cccc(Cl)c2F)C1. The van der Waals surface area contributed by atoms with E-state index < -0.39 is 11.4 Å². The van der Waals surface area contributed by atoms with E-state index in [1.54, 1.807) is 24.1 Å². The average Bonchev–Trinajstić information content (AvgIpc) is 2.92. The van der Waals surface area contributed by atoms with Gasteiger partial charge < -0.3 is 30.1 Å². The van der Waals surface area contributed by atoms with Gasteiger partial charge in [0.2, 0.25) is 0 Å². The van der Waals surface area contributed by atoms with Crippen molar-refractivity contribution in [2.24, 2.45) is 5.92 Å². The predicted octanol–water partition coefficient (Wildman–Crippen LogP) is 4.84. The first-order valence-electron chi connectivity index (χ1n) is 13.9. The third-order valence-electron chi connectivity index (χ3n) is 7.96. The molecule has 0 aliphatic carbocycles.